The molecule has 3 aromatic rings. The van der Waals surface area contributed by atoms with E-state index in [0.29, 0.717) is 86.4 Å². The summed E-state index contributed by atoms with van der Waals surface area (Å²) < 4.78 is 38.0. The van der Waals surface area contributed by atoms with Crippen molar-refractivity contribution in [2.24, 2.45) is 0 Å². The third-order valence-electron chi connectivity index (χ3n) is 7.56. The second kappa shape index (κ2) is 13.1. The molecule has 2 aliphatic rings. The third kappa shape index (κ3) is 6.69. The number of hydrogen-bond acceptors (Lipinski definition) is 7. The van der Waals surface area contributed by atoms with Crippen LogP contribution in [-0.4, -0.2) is 94.1 Å². The number of benzene rings is 3. The van der Waals surface area contributed by atoms with E-state index in [2.05, 4.69) is 10.6 Å². The van der Waals surface area contributed by atoms with Gasteiger partial charge in [0.15, 0.2) is 11.5 Å². The molecule has 3 amide bonds. The molecule has 0 saturated carbocycles. The highest BCUT2D eigenvalue weighted by Crippen LogP contribution is 2.32. The normalized spacial score (nSPS) is 15.2. The van der Waals surface area contributed by atoms with Gasteiger partial charge in [0, 0.05) is 75.1 Å². The lowest BCUT2D eigenvalue weighted by atomic mass is 10.1. The number of nitrogens with one attached hydrogen (secondary N) is 2. The number of rotatable bonds is 7. The van der Waals surface area contributed by atoms with Crippen molar-refractivity contribution in [3.63, 3.8) is 0 Å². The molecule has 12 heteroatoms. The van der Waals surface area contributed by atoms with Crippen molar-refractivity contribution in [2.45, 2.75) is 0 Å². The van der Waals surface area contributed by atoms with E-state index in [0.717, 1.165) is 18.2 Å². The molecular weight excluding hydrogens is 560 g/mol. The van der Waals surface area contributed by atoms with Gasteiger partial charge in [-0.3, -0.25) is 14.4 Å². The largest absolute Gasteiger partial charge is 0.493 e. The van der Waals surface area contributed by atoms with Crippen molar-refractivity contribution < 1.29 is 32.6 Å². The maximum atomic E-state index is 13.7. The molecule has 226 valence electrons. The van der Waals surface area contributed by atoms with Crippen LogP contribution in [0.3, 0.4) is 0 Å². The molecule has 0 bridgehead atoms. The van der Waals surface area contributed by atoms with Crippen LogP contribution < -0.4 is 25.0 Å². The molecule has 0 spiro atoms. The Hall–Kier alpha value is -4.71. The molecule has 0 atom stereocenters. The highest BCUT2D eigenvalue weighted by atomic mass is 19.1. The summed E-state index contributed by atoms with van der Waals surface area (Å²) in [6.45, 7) is 3.96. The first-order valence-corrected chi connectivity index (χ1v) is 13.9. The van der Waals surface area contributed by atoms with Gasteiger partial charge in [0.1, 0.15) is 11.6 Å². The fourth-order valence-corrected chi connectivity index (χ4v) is 5.28. The summed E-state index contributed by atoms with van der Waals surface area (Å²) in [4.78, 5) is 44.9. The SMILES string of the molecule is COc1ccc(C(=O)Nc2cc(C(=O)N3CCNCC3)ccc2N2CCN(C(=O)c3cc(F)cc(F)c3)CC2)cc1OC. The number of carbonyl (C=O) groups excluding carboxylic acids is 3. The van der Waals surface area contributed by atoms with Gasteiger partial charge in [0.2, 0.25) is 0 Å². The molecule has 0 unspecified atom stereocenters. The van der Waals surface area contributed by atoms with Crippen molar-refractivity contribution in [1.82, 2.24) is 15.1 Å². The van der Waals surface area contributed by atoms with Crippen molar-refractivity contribution in [2.75, 3.05) is 76.8 Å². The number of nitrogens with zero attached hydrogens (tertiary/aromatic N) is 3. The van der Waals surface area contributed by atoms with Crippen molar-refractivity contribution in [3.05, 3.63) is 82.9 Å². The highest BCUT2D eigenvalue weighted by molar-refractivity contribution is 6.07. The second-order valence-corrected chi connectivity index (χ2v) is 10.2. The Balaban J connectivity index is 1.39. The number of piperazine rings is 2. The van der Waals surface area contributed by atoms with Gasteiger partial charge in [-0.2, -0.15) is 0 Å². The van der Waals surface area contributed by atoms with Crippen LogP contribution in [0.25, 0.3) is 0 Å². The maximum absolute atomic E-state index is 13.7. The first kappa shape index (κ1) is 29.8. The first-order valence-electron chi connectivity index (χ1n) is 13.9. The summed E-state index contributed by atoms with van der Waals surface area (Å²) in [5.41, 5.74) is 1.84. The van der Waals surface area contributed by atoms with E-state index in [4.69, 9.17) is 9.47 Å². The van der Waals surface area contributed by atoms with Crippen LogP contribution in [0, 0.1) is 11.6 Å². The first-order chi connectivity index (χ1) is 20.8. The van der Waals surface area contributed by atoms with E-state index in [-0.39, 0.29) is 11.5 Å². The minimum absolute atomic E-state index is 0.0513. The number of anilines is 2. The van der Waals surface area contributed by atoms with E-state index in [1.807, 2.05) is 4.90 Å². The number of ether oxygens (including phenoxy) is 2. The maximum Gasteiger partial charge on any atom is 0.255 e. The molecule has 10 nitrogen and oxygen atoms in total. The molecule has 2 N–H and O–H groups in total. The average Bonchev–Trinajstić information content (AvgIpc) is 3.03. The Labute approximate surface area is 248 Å². The van der Waals surface area contributed by atoms with Crippen LogP contribution >= 0.6 is 0 Å². The van der Waals surface area contributed by atoms with Gasteiger partial charge in [-0.25, -0.2) is 8.78 Å². The molecule has 2 saturated heterocycles. The van der Waals surface area contributed by atoms with E-state index in [9.17, 15) is 23.2 Å². The van der Waals surface area contributed by atoms with Gasteiger partial charge in [0.05, 0.1) is 25.6 Å². The lowest BCUT2D eigenvalue weighted by Crippen LogP contribution is -2.49. The predicted octanol–water partition coefficient (Wildman–Crippen LogP) is 3.24. The molecule has 43 heavy (non-hydrogen) atoms. The van der Waals surface area contributed by atoms with Crippen LogP contribution in [0.2, 0.25) is 0 Å². The summed E-state index contributed by atoms with van der Waals surface area (Å²) in [6.07, 6.45) is 0. The Kier molecular flexibility index (Phi) is 9.05. The van der Waals surface area contributed by atoms with Crippen LogP contribution in [-0.2, 0) is 0 Å². The van der Waals surface area contributed by atoms with E-state index < -0.39 is 23.4 Å². The molecule has 0 aliphatic carbocycles. The van der Waals surface area contributed by atoms with Crippen LogP contribution in [0.15, 0.2) is 54.6 Å². The van der Waals surface area contributed by atoms with Crippen LogP contribution in [0.1, 0.15) is 31.1 Å². The smallest absolute Gasteiger partial charge is 0.255 e. The fourth-order valence-electron chi connectivity index (χ4n) is 5.28. The quantitative estimate of drug-likeness (QED) is 0.434. The van der Waals surface area contributed by atoms with E-state index in [1.54, 1.807) is 41.3 Å². The highest BCUT2D eigenvalue weighted by Gasteiger charge is 2.26. The number of carbonyl (C=O) groups is 3. The fraction of sp³-hybridized carbons (Fsp3) is 0.323. The van der Waals surface area contributed by atoms with E-state index >= 15 is 0 Å². The number of halogens is 2. The zero-order valence-corrected chi connectivity index (χ0v) is 24.0. The molecular formula is C31H33F2N5O5. The summed E-state index contributed by atoms with van der Waals surface area (Å²) in [5, 5.41) is 6.19. The van der Waals surface area contributed by atoms with Gasteiger partial charge in [-0.05, 0) is 48.5 Å². The predicted molar refractivity (Wildman–Crippen MR) is 157 cm³/mol. The molecule has 3 aromatic carbocycles. The summed E-state index contributed by atoms with van der Waals surface area (Å²) >= 11 is 0. The Morgan fingerprint density at radius 2 is 1.30 bits per heavy atom. The summed E-state index contributed by atoms with van der Waals surface area (Å²) in [6, 6.07) is 12.8. The molecule has 2 aliphatic heterocycles. The van der Waals surface area contributed by atoms with Gasteiger partial charge in [-0.15, -0.1) is 0 Å². The molecule has 5 rings (SSSR count). The number of amides is 3. The van der Waals surface area contributed by atoms with Crippen molar-refractivity contribution >= 4 is 29.1 Å². The Bertz CT molecular complexity index is 1500. The van der Waals surface area contributed by atoms with Crippen LogP contribution in [0.4, 0.5) is 20.2 Å². The lowest BCUT2D eigenvalue weighted by molar-refractivity contribution is 0.0731. The summed E-state index contributed by atoms with van der Waals surface area (Å²) in [7, 11) is 2.99. The van der Waals surface area contributed by atoms with Gasteiger partial charge in [0.25, 0.3) is 17.7 Å². The van der Waals surface area contributed by atoms with Crippen molar-refractivity contribution in [3.8, 4) is 11.5 Å². The minimum atomic E-state index is -0.813. The standard InChI is InChI=1S/C31H33F2N5O5/c1-42-27-6-4-20(18-28(27)43-2)29(39)35-25-17-21(30(40)37-9-7-34-8-10-37)3-5-26(25)36-11-13-38(14-12-36)31(41)22-15-23(32)19-24(33)16-22/h3-6,15-19,34H,7-14H2,1-2H3,(H,35,39). The van der Waals surface area contributed by atoms with Gasteiger partial charge >= 0.3 is 0 Å². The third-order valence-corrected chi connectivity index (χ3v) is 7.56. The molecule has 0 radical (unpaired) electrons. The Morgan fingerprint density at radius 1 is 0.698 bits per heavy atom. The van der Waals surface area contributed by atoms with Crippen molar-refractivity contribution in [1.29, 1.82) is 0 Å². The molecule has 2 heterocycles. The lowest BCUT2D eigenvalue weighted by Gasteiger charge is -2.37. The molecule has 2 fully saturated rings. The minimum Gasteiger partial charge on any atom is -0.493 e. The van der Waals surface area contributed by atoms with Gasteiger partial charge in [-0.1, -0.05) is 0 Å². The second-order valence-electron chi connectivity index (χ2n) is 10.2. The zero-order chi connectivity index (χ0) is 30.5. The average molecular weight is 594 g/mol. The van der Waals surface area contributed by atoms with Gasteiger partial charge < -0.3 is 34.8 Å². The zero-order valence-electron chi connectivity index (χ0n) is 24.0. The van der Waals surface area contributed by atoms with E-state index in [1.165, 1.54) is 19.1 Å². The monoisotopic (exact) mass is 593 g/mol. The summed E-state index contributed by atoms with van der Waals surface area (Å²) in [5.74, 6) is -1.74. The molecule has 0 aromatic heterocycles. The number of hydrogen-bond donors (Lipinski definition) is 2. The van der Waals surface area contributed by atoms with Crippen LogP contribution in [0.5, 0.6) is 11.5 Å². The Morgan fingerprint density at radius 3 is 1.95 bits per heavy atom. The topological polar surface area (TPSA) is 103 Å². The number of methoxy groups -OCH3 is 2.